The van der Waals surface area contributed by atoms with Gasteiger partial charge < -0.3 is 29.7 Å². The second-order valence-electron chi connectivity index (χ2n) is 16.3. The fourth-order valence-corrected chi connectivity index (χ4v) is 8.02. The number of hydrogen-bond donors (Lipinski definition) is 3. The quantitative estimate of drug-likeness (QED) is 0.271. The molecule has 3 fully saturated rings. The first-order valence-electron chi connectivity index (χ1n) is 17.6. The Morgan fingerprint density at radius 3 is 2.40 bits per heavy atom. The molecule has 1 aromatic carbocycles. The standard InChI is InChI=1S/C37H51N5O9S/c1-9-23-19-37(23,33(45)41-52(47,48)26-11-10-12-26)40-30(43)28-18-25(51-31-27-14-13-24(49-8)17-22(27)15-16-38-31)20-42(28)32(44)29(36(5,6)7)39-34(46)50-21-35(2,3)4/h9,13-17,23,25-26,28-29H,1,10-12,18-21H2,2-8H3,(H,39,46)(H,40,43)(H,41,45). The normalized spacial score (nSPS) is 23.9. The molecule has 3 N–H and O–H groups in total. The lowest BCUT2D eigenvalue weighted by Gasteiger charge is -2.35. The van der Waals surface area contributed by atoms with Crippen molar-refractivity contribution in [3.05, 3.63) is 43.1 Å². The molecule has 15 heteroatoms. The summed E-state index contributed by atoms with van der Waals surface area (Å²) in [6, 6.07) is 4.98. The Hall–Kier alpha value is -4.40. The Morgan fingerprint density at radius 1 is 1.12 bits per heavy atom. The smallest absolute Gasteiger partial charge is 0.407 e. The van der Waals surface area contributed by atoms with Crippen LogP contribution in [0.1, 0.15) is 73.6 Å². The fourth-order valence-electron chi connectivity index (χ4n) is 6.46. The highest BCUT2D eigenvalue weighted by atomic mass is 32.2. The number of amides is 4. The van der Waals surface area contributed by atoms with Gasteiger partial charge >= 0.3 is 6.09 Å². The number of pyridine rings is 1. The first-order valence-corrected chi connectivity index (χ1v) is 19.2. The number of carbonyl (C=O) groups excluding carboxylic acids is 4. The van der Waals surface area contributed by atoms with Gasteiger partial charge in [0.2, 0.25) is 27.7 Å². The third kappa shape index (κ3) is 8.45. The lowest BCUT2D eigenvalue weighted by molar-refractivity contribution is -0.142. The number of nitrogens with one attached hydrogen (secondary N) is 3. The molecule has 2 saturated carbocycles. The van der Waals surface area contributed by atoms with Crippen LogP contribution in [0.4, 0.5) is 4.79 Å². The first kappa shape index (κ1) is 38.8. The third-order valence-electron chi connectivity index (χ3n) is 9.85. The van der Waals surface area contributed by atoms with Crippen LogP contribution in [0.3, 0.4) is 0 Å². The van der Waals surface area contributed by atoms with E-state index in [1.165, 1.54) is 11.0 Å². The lowest BCUT2D eigenvalue weighted by atomic mass is 9.85. The molecule has 4 amide bonds. The van der Waals surface area contributed by atoms with Crippen LogP contribution in [-0.2, 0) is 29.1 Å². The van der Waals surface area contributed by atoms with Crippen LogP contribution in [0.25, 0.3) is 10.8 Å². The van der Waals surface area contributed by atoms with E-state index in [1.807, 2.05) is 39.0 Å². The van der Waals surface area contributed by atoms with E-state index in [1.54, 1.807) is 40.1 Å². The molecule has 1 aromatic heterocycles. The zero-order chi connectivity index (χ0) is 38.2. The summed E-state index contributed by atoms with van der Waals surface area (Å²) in [6.07, 6.45) is 3.44. The Morgan fingerprint density at radius 2 is 1.83 bits per heavy atom. The third-order valence-corrected chi connectivity index (χ3v) is 11.7. The summed E-state index contributed by atoms with van der Waals surface area (Å²) in [6.45, 7) is 14.9. The molecule has 1 saturated heterocycles. The van der Waals surface area contributed by atoms with Gasteiger partial charge in [0.15, 0.2) is 0 Å². The van der Waals surface area contributed by atoms with Crippen molar-refractivity contribution in [1.82, 2.24) is 25.2 Å². The van der Waals surface area contributed by atoms with E-state index < -0.39 is 74.1 Å². The Balaban J connectivity index is 1.43. The predicted molar refractivity (Wildman–Crippen MR) is 194 cm³/mol. The van der Waals surface area contributed by atoms with Crippen LogP contribution in [0, 0.1) is 16.7 Å². The Bertz CT molecular complexity index is 1830. The number of alkyl carbamates (subject to hydrolysis) is 1. The highest BCUT2D eigenvalue weighted by molar-refractivity contribution is 7.90. The predicted octanol–water partition coefficient (Wildman–Crippen LogP) is 3.84. The number of likely N-dealkylation sites (tertiary alicyclic amines) is 1. The fraction of sp³-hybridized carbons (Fsp3) is 0.595. The van der Waals surface area contributed by atoms with Crippen molar-refractivity contribution >= 4 is 44.6 Å². The van der Waals surface area contributed by atoms with Gasteiger partial charge in [-0.15, -0.1) is 6.58 Å². The molecule has 2 aliphatic carbocycles. The molecular weight excluding hydrogens is 691 g/mol. The van der Waals surface area contributed by atoms with E-state index in [0.29, 0.717) is 29.9 Å². The summed E-state index contributed by atoms with van der Waals surface area (Å²) in [4.78, 5) is 61.0. The van der Waals surface area contributed by atoms with Crippen molar-refractivity contribution in [3.63, 3.8) is 0 Å². The number of sulfonamides is 1. The number of carbonyl (C=O) groups is 4. The number of rotatable bonds is 12. The van der Waals surface area contributed by atoms with Crippen molar-refractivity contribution in [2.45, 2.75) is 103 Å². The van der Waals surface area contributed by atoms with Gasteiger partial charge in [-0.25, -0.2) is 18.2 Å². The molecule has 2 aromatic rings. The number of ether oxygens (including phenoxy) is 3. The van der Waals surface area contributed by atoms with Gasteiger partial charge in [-0.05, 0) is 59.7 Å². The van der Waals surface area contributed by atoms with E-state index in [0.717, 1.165) is 11.8 Å². The Kier molecular flexibility index (Phi) is 10.9. The maximum Gasteiger partial charge on any atom is 0.407 e. The molecular formula is C37H51N5O9S. The van der Waals surface area contributed by atoms with Gasteiger partial charge in [-0.3, -0.25) is 19.1 Å². The molecule has 52 heavy (non-hydrogen) atoms. The highest BCUT2D eigenvalue weighted by Gasteiger charge is 2.62. The monoisotopic (exact) mass is 741 g/mol. The Labute approximate surface area is 305 Å². The van der Waals surface area contributed by atoms with Crippen molar-refractivity contribution in [1.29, 1.82) is 0 Å². The average molecular weight is 742 g/mol. The van der Waals surface area contributed by atoms with Gasteiger partial charge in [-0.2, -0.15) is 0 Å². The van der Waals surface area contributed by atoms with Gasteiger partial charge in [-0.1, -0.05) is 54.0 Å². The molecule has 3 aliphatic rings. The van der Waals surface area contributed by atoms with Crippen molar-refractivity contribution < 1.29 is 41.8 Å². The number of hydrogen-bond acceptors (Lipinski definition) is 10. The van der Waals surface area contributed by atoms with E-state index in [2.05, 4.69) is 26.9 Å². The van der Waals surface area contributed by atoms with Crippen molar-refractivity contribution in [3.8, 4) is 11.6 Å². The zero-order valence-corrected chi connectivity index (χ0v) is 31.8. The summed E-state index contributed by atoms with van der Waals surface area (Å²) >= 11 is 0. The van der Waals surface area contributed by atoms with Gasteiger partial charge in [0.1, 0.15) is 29.5 Å². The topological polar surface area (TPSA) is 182 Å². The van der Waals surface area contributed by atoms with E-state index in [4.69, 9.17) is 14.2 Å². The summed E-state index contributed by atoms with van der Waals surface area (Å²) in [5, 5.41) is 6.35. The van der Waals surface area contributed by atoms with Crippen LogP contribution in [0.15, 0.2) is 43.1 Å². The van der Waals surface area contributed by atoms with E-state index in [-0.39, 0.29) is 31.4 Å². The average Bonchev–Trinajstić information content (AvgIpc) is 3.59. The molecule has 14 nitrogen and oxygen atoms in total. The first-order chi connectivity index (χ1) is 24.3. The SMILES string of the molecule is C=CC1CC1(NC(=O)C1CC(Oc2nccc3cc(OC)ccc23)CN1C(=O)C(NC(=O)OCC(C)(C)C)C(C)(C)C)C(=O)NS(=O)(=O)C1CCC1. The summed E-state index contributed by atoms with van der Waals surface area (Å²) in [7, 11) is -2.36. The second-order valence-corrected chi connectivity index (χ2v) is 18.3. The van der Waals surface area contributed by atoms with E-state index in [9.17, 15) is 27.6 Å². The zero-order valence-electron chi connectivity index (χ0n) is 31.0. The number of aromatic nitrogens is 1. The number of benzene rings is 1. The molecule has 0 radical (unpaired) electrons. The summed E-state index contributed by atoms with van der Waals surface area (Å²) < 4.78 is 45.1. The minimum absolute atomic E-state index is 0.0218. The molecule has 5 unspecified atom stereocenters. The van der Waals surface area contributed by atoms with Gasteiger partial charge in [0.05, 0.1) is 25.5 Å². The minimum Gasteiger partial charge on any atom is -0.497 e. The minimum atomic E-state index is -3.93. The number of methoxy groups -OCH3 is 1. The van der Waals surface area contributed by atoms with Crippen LogP contribution in [-0.4, -0.2) is 91.4 Å². The number of fused-ring (bicyclic) bond motifs is 1. The maximum atomic E-state index is 14.5. The summed E-state index contributed by atoms with van der Waals surface area (Å²) in [5.74, 6) is -1.64. The van der Waals surface area contributed by atoms with E-state index >= 15 is 0 Å². The van der Waals surface area contributed by atoms with Crippen LogP contribution in [0.5, 0.6) is 11.6 Å². The lowest BCUT2D eigenvalue weighted by Crippen LogP contribution is -2.60. The van der Waals surface area contributed by atoms with Crippen LogP contribution in [0.2, 0.25) is 0 Å². The van der Waals surface area contributed by atoms with Gasteiger partial charge in [0, 0.05) is 23.9 Å². The largest absolute Gasteiger partial charge is 0.497 e. The van der Waals surface area contributed by atoms with Crippen LogP contribution >= 0.6 is 0 Å². The summed E-state index contributed by atoms with van der Waals surface area (Å²) in [5.41, 5.74) is -2.68. The van der Waals surface area contributed by atoms with Crippen LogP contribution < -0.4 is 24.8 Å². The highest BCUT2D eigenvalue weighted by Crippen LogP contribution is 2.45. The second kappa shape index (κ2) is 14.6. The maximum absolute atomic E-state index is 14.5. The molecule has 1 aliphatic heterocycles. The molecule has 0 spiro atoms. The molecule has 5 atom stereocenters. The molecule has 284 valence electrons. The van der Waals surface area contributed by atoms with Gasteiger partial charge in [0.25, 0.3) is 5.91 Å². The molecule has 2 heterocycles. The van der Waals surface area contributed by atoms with Crippen molar-refractivity contribution in [2.24, 2.45) is 16.7 Å². The molecule has 0 bridgehead atoms. The number of nitrogens with zero attached hydrogens (tertiary/aromatic N) is 2. The molecule has 5 rings (SSSR count). The van der Waals surface area contributed by atoms with Crippen molar-refractivity contribution in [2.75, 3.05) is 20.3 Å².